The molecule has 5 heteroatoms. The fourth-order valence-electron chi connectivity index (χ4n) is 6.06. The highest BCUT2D eigenvalue weighted by molar-refractivity contribution is 5.80. The number of carbonyl (C=O) groups is 1. The van der Waals surface area contributed by atoms with Gasteiger partial charge in [0.15, 0.2) is 0 Å². The molecule has 0 aromatic rings. The van der Waals surface area contributed by atoms with Crippen LogP contribution in [-0.4, -0.2) is 46.1 Å². The molecule has 0 aliphatic heterocycles. The van der Waals surface area contributed by atoms with E-state index in [-0.39, 0.29) is 6.61 Å². The molecule has 3 atom stereocenters. The minimum absolute atomic E-state index is 0.364. The Balaban J connectivity index is 3.72. The van der Waals surface area contributed by atoms with Gasteiger partial charge in [-0.3, -0.25) is 4.79 Å². The first-order valence-corrected chi connectivity index (χ1v) is 20.2. The number of hydrogen-bond acceptors (Lipinski definition) is 4. The van der Waals surface area contributed by atoms with Crippen LogP contribution in [-0.2, 0) is 4.79 Å². The SMILES string of the molecule is CCCCCCCC/C=C\CCCCCCCCC(O)C(=O)NC(CO)C(O)/C=C/CCCCCCCCCCCCCCCC. The van der Waals surface area contributed by atoms with Gasteiger partial charge in [-0.15, -0.1) is 0 Å². The van der Waals surface area contributed by atoms with Gasteiger partial charge in [0.05, 0.1) is 18.8 Å². The van der Waals surface area contributed by atoms with E-state index in [0.29, 0.717) is 6.42 Å². The Bertz CT molecular complexity index is 679. The molecular formula is C41H79NO4. The second-order valence-electron chi connectivity index (χ2n) is 13.8. The van der Waals surface area contributed by atoms with Gasteiger partial charge in [0.2, 0.25) is 5.91 Å². The first-order chi connectivity index (χ1) is 22.6. The van der Waals surface area contributed by atoms with E-state index in [1.54, 1.807) is 6.08 Å². The van der Waals surface area contributed by atoms with Crippen LogP contribution in [0.25, 0.3) is 0 Å². The monoisotopic (exact) mass is 650 g/mol. The minimum atomic E-state index is -1.10. The van der Waals surface area contributed by atoms with Gasteiger partial charge in [0.25, 0.3) is 0 Å². The summed E-state index contributed by atoms with van der Waals surface area (Å²) in [5.74, 6) is -0.508. The van der Waals surface area contributed by atoms with Gasteiger partial charge >= 0.3 is 0 Å². The van der Waals surface area contributed by atoms with Crippen LogP contribution in [0.2, 0.25) is 0 Å². The van der Waals surface area contributed by atoms with Crippen LogP contribution >= 0.6 is 0 Å². The second-order valence-corrected chi connectivity index (χ2v) is 13.8. The third-order valence-electron chi connectivity index (χ3n) is 9.29. The summed E-state index contributed by atoms with van der Waals surface area (Å²) in [6.07, 6.45) is 43.3. The molecule has 0 bridgehead atoms. The Hall–Kier alpha value is -1.17. The van der Waals surface area contributed by atoms with Gasteiger partial charge in [-0.25, -0.2) is 0 Å². The van der Waals surface area contributed by atoms with E-state index >= 15 is 0 Å². The van der Waals surface area contributed by atoms with E-state index in [1.165, 1.54) is 154 Å². The standard InChI is InChI=1S/C41H79NO4/c1-3-5-7-9-11-13-15-17-19-21-23-25-27-29-31-33-35-39(44)38(37-43)42-41(46)40(45)36-34-32-30-28-26-24-22-20-18-16-14-12-10-8-6-4-2/h18,20,33,35,38-40,43-45H,3-17,19,21-32,34,36-37H2,1-2H3,(H,42,46)/b20-18-,35-33+. The summed E-state index contributed by atoms with van der Waals surface area (Å²) in [5, 5.41) is 33.0. The molecule has 0 radical (unpaired) electrons. The molecule has 46 heavy (non-hydrogen) atoms. The first-order valence-electron chi connectivity index (χ1n) is 20.2. The molecule has 0 aromatic carbocycles. The third kappa shape index (κ3) is 31.4. The topological polar surface area (TPSA) is 89.8 Å². The zero-order chi connectivity index (χ0) is 33.8. The molecule has 0 fully saturated rings. The van der Waals surface area contributed by atoms with Gasteiger partial charge in [0.1, 0.15) is 6.10 Å². The lowest BCUT2D eigenvalue weighted by atomic mass is 10.0. The van der Waals surface area contributed by atoms with E-state index in [2.05, 4.69) is 31.3 Å². The fraction of sp³-hybridized carbons (Fsp3) is 0.878. The molecule has 272 valence electrons. The van der Waals surface area contributed by atoms with Crippen molar-refractivity contribution in [2.24, 2.45) is 0 Å². The highest BCUT2D eigenvalue weighted by atomic mass is 16.3. The maximum absolute atomic E-state index is 12.4. The zero-order valence-corrected chi connectivity index (χ0v) is 30.7. The Labute approximate surface area is 286 Å². The Morgan fingerprint density at radius 1 is 0.522 bits per heavy atom. The van der Waals surface area contributed by atoms with Crippen molar-refractivity contribution in [1.29, 1.82) is 0 Å². The number of aliphatic hydroxyl groups excluding tert-OH is 3. The summed E-state index contributed by atoms with van der Waals surface area (Å²) < 4.78 is 0. The molecule has 0 aliphatic rings. The number of unbranched alkanes of at least 4 members (excludes halogenated alkanes) is 26. The number of nitrogens with one attached hydrogen (secondary N) is 1. The van der Waals surface area contributed by atoms with Crippen LogP contribution in [0.4, 0.5) is 0 Å². The highest BCUT2D eigenvalue weighted by Gasteiger charge is 2.22. The van der Waals surface area contributed by atoms with Gasteiger partial charge in [-0.05, 0) is 44.9 Å². The Kier molecular flexibility index (Phi) is 35.7. The van der Waals surface area contributed by atoms with Crippen molar-refractivity contribution in [2.45, 2.75) is 225 Å². The molecule has 0 aromatic heterocycles. The average molecular weight is 650 g/mol. The Morgan fingerprint density at radius 2 is 0.870 bits per heavy atom. The summed E-state index contributed by atoms with van der Waals surface area (Å²) in [6.45, 7) is 4.17. The van der Waals surface area contributed by atoms with Crippen LogP contribution < -0.4 is 5.32 Å². The Morgan fingerprint density at radius 3 is 1.26 bits per heavy atom. The maximum Gasteiger partial charge on any atom is 0.249 e. The number of aliphatic hydroxyl groups is 3. The second kappa shape index (κ2) is 36.7. The van der Waals surface area contributed by atoms with Crippen LogP contribution in [0, 0.1) is 0 Å². The molecule has 0 saturated carbocycles. The first kappa shape index (κ1) is 44.8. The van der Waals surface area contributed by atoms with Gasteiger partial charge < -0.3 is 20.6 Å². The van der Waals surface area contributed by atoms with Crippen molar-refractivity contribution in [2.75, 3.05) is 6.61 Å². The summed E-state index contributed by atoms with van der Waals surface area (Å²) in [4.78, 5) is 12.4. The predicted molar refractivity (Wildman–Crippen MR) is 199 cm³/mol. The van der Waals surface area contributed by atoms with Crippen molar-refractivity contribution >= 4 is 5.91 Å². The summed E-state index contributed by atoms with van der Waals surface area (Å²) in [6, 6.07) is -0.797. The molecule has 4 N–H and O–H groups in total. The third-order valence-corrected chi connectivity index (χ3v) is 9.29. The van der Waals surface area contributed by atoms with E-state index in [1.807, 2.05) is 6.08 Å². The van der Waals surface area contributed by atoms with Gasteiger partial charge in [-0.2, -0.15) is 0 Å². The summed E-state index contributed by atoms with van der Waals surface area (Å²) in [7, 11) is 0. The van der Waals surface area contributed by atoms with E-state index < -0.39 is 24.2 Å². The van der Waals surface area contributed by atoms with Crippen LogP contribution in [0.1, 0.15) is 206 Å². The largest absolute Gasteiger partial charge is 0.394 e. The molecule has 3 unspecified atom stereocenters. The van der Waals surface area contributed by atoms with Crippen molar-refractivity contribution in [1.82, 2.24) is 5.32 Å². The molecule has 0 saturated heterocycles. The smallest absolute Gasteiger partial charge is 0.249 e. The number of allylic oxidation sites excluding steroid dienone is 3. The molecular weight excluding hydrogens is 570 g/mol. The quantitative estimate of drug-likeness (QED) is 0.0401. The van der Waals surface area contributed by atoms with Crippen molar-refractivity contribution < 1.29 is 20.1 Å². The fourth-order valence-corrected chi connectivity index (χ4v) is 6.06. The van der Waals surface area contributed by atoms with E-state index in [9.17, 15) is 20.1 Å². The maximum atomic E-state index is 12.4. The zero-order valence-electron chi connectivity index (χ0n) is 30.7. The number of rotatable bonds is 36. The molecule has 5 nitrogen and oxygen atoms in total. The van der Waals surface area contributed by atoms with E-state index in [0.717, 1.165) is 32.1 Å². The normalized spacial score (nSPS) is 13.9. The number of amides is 1. The van der Waals surface area contributed by atoms with Crippen molar-refractivity contribution in [3.63, 3.8) is 0 Å². The number of carbonyl (C=O) groups excluding carboxylic acids is 1. The summed E-state index contributed by atoms with van der Waals surface area (Å²) >= 11 is 0. The highest BCUT2D eigenvalue weighted by Crippen LogP contribution is 2.14. The molecule has 0 spiro atoms. The van der Waals surface area contributed by atoms with Crippen LogP contribution in [0.5, 0.6) is 0 Å². The lowest BCUT2D eigenvalue weighted by Gasteiger charge is -2.21. The lowest BCUT2D eigenvalue weighted by Crippen LogP contribution is -2.48. The molecule has 0 rings (SSSR count). The van der Waals surface area contributed by atoms with Crippen LogP contribution in [0.15, 0.2) is 24.3 Å². The van der Waals surface area contributed by atoms with Crippen LogP contribution in [0.3, 0.4) is 0 Å². The summed E-state index contributed by atoms with van der Waals surface area (Å²) in [5.41, 5.74) is 0. The number of hydrogen-bond donors (Lipinski definition) is 4. The molecule has 0 aliphatic carbocycles. The van der Waals surface area contributed by atoms with Gasteiger partial charge in [0, 0.05) is 0 Å². The lowest BCUT2D eigenvalue weighted by molar-refractivity contribution is -0.131. The van der Waals surface area contributed by atoms with E-state index in [4.69, 9.17) is 0 Å². The average Bonchev–Trinajstić information content (AvgIpc) is 3.06. The van der Waals surface area contributed by atoms with Crippen molar-refractivity contribution in [3.8, 4) is 0 Å². The predicted octanol–water partition coefficient (Wildman–Crippen LogP) is 11.0. The van der Waals surface area contributed by atoms with Gasteiger partial charge in [-0.1, -0.05) is 186 Å². The minimum Gasteiger partial charge on any atom is -0.394 e. The molecule has 1 amide bonds. The molecule has 0 heterocycles. The van der Waals surface area contributed by atoms with Crippen molar-refractivity contribution in [3.05, 3.63) is 24.3 Å².